The van der Waals surface area contributed by atoms with Gasteiger partial charge in [-0.05, 0) is 32.4 Å². The van der Waals surface area contributed by atoms with Crippen LogP contribution in [0.5, 0.6) is 5.75 Å². The van der Waals surface area contributed by atoms with E-state index in [0.717, 1.165) is 21.6 Å². The Bertz CT molecular complexity index is 827. The van der Waals surface area contributed by atoms with Crippen molar-refractivity contribution in [2.24, 2.45) is 12.0 Å². The van der Waals surface area contributed by atoms with Crippen molar-refractivity contribution in [1.82, 2.24) is 20.4 Å². The summed E-state index contributed by atoms with van der Waals surface area (Å²) in [5.41, 5.74) is 1.17. The van der Waals surface area contributed by atoms with Gasteiger partial charge < -0.3 is 15.4 Å². The highest BCUT2D eigenvalue weighted by Gasteiger charge is 2.36. The van der Waals surface area contributed by atoms with E-state index in [4.69, 9.17) is 4.74 Å². The summed E-state index contributed by atoms with van der Waals surface area (Å²) in [6.45, 7) is 6.25. The average molecular weight is 397 g/mol. The van der Waals surface area contributed by atoms with E-state index in [-0.39, 0.29) is 18.2 Å². The van der Waals surface area contributed by atoms with Gasteiger partial charge in [0.2, 0.25) is 0 Å². The lowest BCUT2D eigenvalue weighted by atomic mass is 10.1. The van der Waals surface area contributed by atoms with Crippen LogP contribution in [0.4, 0.5) is 13.2 Å². The zero-order chi connectivity index (χ0) is 20.9. The number of halogens is 3. The summed E-state index contributed by atoms with van der Waals surface area (Å²) < 4.78 is 46.2. The monoisotopic (exact) mass is 397 g/mol. The Morgan fingerprint density at radius 1 is 1.21 bits per heavy atom. The van der Waals surface area contributed by atoms with Crippen LogP contribution in [-0.2, 0) is 26.3 Å². The Morgan fingerprint density at radius 2 is 1.86 bits per heavy atom. The Morgan fingerprint density at radius 3 is 2.43 bits per heavy atom. The molecule has 0 spiro atoms. The van der Waals surface area contributed by atoms with Gasteiger partial charge in [-0.25, -0.2) is 0 Å². The topological polar surface area (TPSA) is 63.5 Å². The maximum Gasteiger partial charge on any atom is 0.435 e. The number of nitrogens with zero attached hydrogens (tertiary/aromatic N) is 3. The lowest BCUT2D eigenvalue weighted by Crippen LogP contribution is -2.36. The fraction of sp³-hybridized carbons (Fsp3) is 0.474. The number of aryl methyl sites for hydroxylation is 2. The van der Waals surface area contributed by atoms with Gasteiger partial charge in [-0.3, -0.25) is 9.67 Å². The fourth-order valence-corrected chi connectivity index (χ4v) is 2.66. The molecular weight excluding hydrogens is 371 g/mol. The summed E-state index contributed by atoms with van der Waals surface area (Å²) in [5.74, 6) is 1.15. The van der Waals surface area contributed by atoms with Crippen LogP contribution in [0, 0.1) is 6.92 Å². The lowest BCUT2D eigenvalue weighted by Gasteiger charge is -2.17. The van der Waals surface area contributed by atoms with Crippen molar-refractivity contribution in [1.29, 1.82) is 0 Å². The first-order chi connectivity index (χ1) is 13.1. The van der Waals surface area contributed by atoms with Gasteiger partial charge in [0.25, 0.3) is 0 Å². The van der Waals surface area contributed by atoms with E-state index in [9.17, 15) is 13.2 Å². The smallest absolute Gasteiger partial charge is 0.435 e. The molecule has 154 valence electrons. The van der Waals surface area contributed by atoms with E-state index in [1.165, 1.54) is 13.2 Å². The molecule has 0 aliphatic rings. The molecule has 28 heavy (non-hydrogen) atoms. The van der Waals surface area contributed by atoms with E-state index in [0.29, 0.717) is 12.5 Å². The Kier molecular flexibility index (Phi) is 6.93. The Labute approximate surface area is 162 Å². The third-order valence-corrected chi connectivity index (χ3v) is 3.87. The maximum absolute atomic E-state index is 13.1. The van der Waals surface area contributed by atoms with Crippen molar-refractivity contribution in [2.75, 3.05) is 7.05 Å². The van der Waals surface area contributed by atoms with Crippen LogP contribution in [-0.4, -0.2) is 28.9 Å². The first kappa shape index (κ1) is 21.6. The third kappa shape index (κ3) is 5.90. The summed E-state index contributed by atoms with van der Waals surface area (Å²) in [6, 6.07) is 5.89. The molecule has 1 aromatic heterocycles. The van der Waals surface area contributed by atoms with Crippen LogP contribution in [0.15, 0.2) is 29.4 Å². The van der Waals surface area contributed by atoms with Crippen LogP contribution >= 0.6 is 0 Å². The van der Waals surface area contributed by atoms with Gasteiger partial charge in [0.15, 0.2) is 11.7 Å². The van der Waals surface area contributed by atoms with Crippen molar-refractivity contribution < 1.29 is 17.9 Å². The molecule has 6 nitrogen and oxygen atoms in total. The molecule has 0 saturated carbocycles. The molecule has 0 atom stereocenters. The SMILES string of the molecule is CN=C(NCc1ccc(C)cc1OC(C)C)NCc1cn(C)nc1C(F)(F)F. The first-order valence-electron chi connectivity index (χ1n) is 8.90. The molecule has 0 bridgehead atoms. The molecule has 2 rings (SSSR count). The highest BCUT2D eigenvalue weighted by molar-refractivity contribution is 5.79. The van der Waals surface area contributed by atoms with E-state index in [1.807, 2.05) is 39.0 Å². The zero-order valence-corrected chi connectivity index (χ0v) is 16.7. The molecule has 0 radical (unpaired) electrons. The van der Waals surface area contributed by atoms with E-state index in [1.54, 1.807) is 7.05 Å². The highest BCUT2D eigenvalue weighted by Crippen LogP contribution is 2.30. The zero-order valence-electron chi connectivity index (χ0n) is 16.7. The summed E-state index contributed by atoms with van der Waals surface area (Å²) >= 11 is 0. The number of nitrogens with one attached hydrogen (secondary N) is 2. The number of ether oxygens (including phenoxy) is 1. The molecule has 0 saturated heterocycles. The first-order valence-corrected chi connectivity index (χ1v) is 8.90. The molecule has 1 aromatic carbocycles. The molecule has 0 fully saturated rings. The van der Waals surface area contributed by atoms with Crippen LogP contribution in [0.25, 0.3) is 0 Å². The van der Waals surface area contributed by atoms with Gasteiger partial charge in [0, 0.05) is 44.5 Å². The number of benzene rings is 1. The number of hydrogen-bond donors (Lipinski definition) is 2. The summed E-state index contributed by atoms with van der Waals surface area (Å²) in [7, 11) is 3.02. The molecule has 0 aliphatic heterocycles. The van der Waals surface area contributed by atoms with Gasteiger partial charge in [-0.1, -0.05) is 12.1 Å². The largest absolute Gasteiger partial charge is 0.491 e. The van der Waals surface area contributed by atoms with E-state index in [2.05, 4.69) is 20.7 Å². The molecule has 0 unspecified atom stereocenters. The third-order valence-electron chi connectivity index (χ3n) is 3.87. The average Bonchev–Trinajstić information content (AvgIpc) is 2.97. The van der Waals surface area contributed by atoms with Crippen LogP contribution in [0.3, 0.4) is 0 Å². The van der Waals surface area contributed by atoms with Crippen molar-refractivity contribution in [3.8, 4) is 5.75 Å². The van der Waals surface area contributed by atoms with Gasteiger partial charge in [0.05, 0.1) is 6.10 Å². The van der Waals surface area contributed by atoms with Gasteiger partial charge in [0.1, 0.15) is 5.75 Å². The lowest BCUT2D eigenvalue weighted by molar-refractivity contribution is -0.142. The molecular formula is C19H26F3N5O. The minimum Gasteiger partial charge on any atom is -0.491 e. The predicted molar refractivity (Wildman–Crippen MR) is 102 cm³/mol. The second-order valence-corrected chi connectivity index (χ2v) is 6.73. The van der Waals surface area contributed by atoms with Crippen molar-refractivity contribution in [3.63, 3.8) is 0 Å². The molecule has 2 aromatic rings. The number of hydrogen-bond acceptors (Lipinski definition) is 3. The van der Waals surface area contributed by atoms with Gasteiger partial charge in [-0.15, -0.1) is 0 Å². The van der Waals surface area contributed by atoms with E-state index < -0.39 is 11.9 Å². The quantitative estimate of drug-likeness (QED) is 0.579. The minimum absolute atomic E-state index is 0.0318. The predicted octanol–water partition coefficient (Wildman–Crippen LogP) is 3.40. The molecule has 9 heteroatoms. The van der Waals surface area contributed by atoms with Crippen molar-refractivity contribution in [2.45, 2.75) is 46.1 Å². The Balaban J connectivity index is 2.04. The van der Waals surface area contributed by atoms with Gasteiger partial charge in [-0.2, -0.15) is 18.3 Å². The fourth-order valence-electron chi connectivity index (χ4n) is 2.66. The van der Waals surface area contributed by atoms with Crippen LogP contribution in [0.1, 0.15) is 36.2 Å². The normalized spacial score (nSPS) is 12.4. The van der Waals surface area contributed by atoms with Crippen molar-refractivity contribution >= 4 is 5.96 Å². The molecule has 2 N–H and O–H groups in total. The number of aliphatic imine (C=N–C) groups is 1. The molecule has 0 amide bonds. The highest BCUT2D eigenvalue weighted by atomic mass is 19.4. The standard InChI is InChI=1S/C19H26F3N5O/c1-12(2)28-16-8-13(3)6-7-14(16)9-24-18(23-4)25-10-15-11-27(5)26-17(15)19(20,21)22/h6-8,11-12H,9-10H2,1-5H3,(H2,23,24,25). The van der Waals surface area contributed by atoms with Crippen LogP contribution in [0.2, 0.25) is 0 Å². The van der Waals surface area contributed by atoms with Gasteiger partial charge >= 0.3 is 6.18 Å². The molecule has 1 heterocycles. The summed E-state index contributed by atoms with van der Waals surface area (Å²) in [4.78, 5) is 4.07. The number of rotatable bonds is 6. The second-order valence-electron chi connectivity index (χ2n) is 6.73. The molecule has 0 aliphatic carbocycles. The number of aromatic nitrogens is 2. The van der Waals surface area contributed by atoms with Crippen molar-refractivity contribution in [3.05, 3.63) is 46.8 Å². The maximum atomic E-state index is 13.1. The van der Waals surface area contributed by atoms with E-state index >= 15 is 0 Å². The van der Waals surface area contributed by atoms with Crippen LogP contribution < -0.4 is 15.4 Å². The minimum atomic E-state index is -4.50. The number of alkyl halides is 3. The summed E-state index contributed by atoms with van der Waals surface area (Å²) in [5, 5.41) is 9.50. The second kappa shape index (κ2) is 8.99. The Hall–Kier alpha value is -2.71. The number of guanidine groups is 1. The summed E-state index contributed by atoms with van der Waals surface area (Å²) in [6.07, 6.45) is -3.12.